The Kier molecular flexibility index (Phi) is 3.77. The molecule has 0 aliphatic heterocycles. The molecular weight excluding hydrogens is 300 g/mol. The Bertz CT molecular complexity index is 858. The molecule has 0 spiro atoms. The van der Waals surface area contributed by atoms with E-state index >= 15 is 0 Å². The van der Waals surface area contributed by atoms with Crippen LogP contribution in [0.2, 0.25) is 0 Å². The van der Waals surface area contributed by atoms with Crippen molar-refractivity contribution in [2.45, 2.75) is 10.6 Å². The van der Waals surface area contributed by atoms with E-state index < -0.39 is 5.97 Å². The number of aromatic nitrogens is 2. The molecule has 0 amide bonds. The number of benzene rings is 2. The summed E-state index contributed by atoms with van der Waals surface area (Å²) in [6.07, 6.45) is 0. The van der Waals surface area contributed by atoms with Gasteiger partial charge in [-0.1, -0.05) is 24.3 Å². The second-order valence-electron chi connectivity index (χ2n) is 4.90. The third-order valence-electron chi connectivity index (χ3n) is 3.40. The van der Waals surface area contributed by atoms with Crippen LogP contribution in [0.15, 0.2) is 47.4 Å². The molecule has 3 aromatic rings. The van der Waals surface area contributed by atoms with E-state index in [-0.39, 0.29) is 11.4 Å². The lowest BCUT2D eigenvalue weighted by molar-refractivity contribution is 0.0689. The largest absolute Gasteiger partial charge is 0.507 e. The van der Waals surface area contributed by atoms with E-state index in [4.69, 9.17) is 5.11 Å². The number of carbonyl (C=O) groups is 1. The van der Waals surface area contributed by atoms with E-state index in [0.29, 0.717) is 5.75 Å². The Hall–Kier alpha value is -2.47. The second-order valence-corrected chi connectivity index (χ2v) is 5.95. The summed E-state index contributed by atoms with van der Waals surface area (Å²) in [5.41, 5.74) is 0.856. The summed E-state index contributed by atoms with van der Waals surface area (Å²) in [6, 6.07) is 12.9. The molecule has 5 nitrogen and oxygen atoms in total. The standard InChI is InChI=1S/C16H14N2O3S/c1-18-11(7-14(17-18)16(20)21)9-22-12-6-10-4-2-3-5-13(10)15(19)8-12/h2-8,19H,9H2,1H3,(H,20,21). The fourth-order valence-electron chi connectivity index (χ4n) is 2.25. The number of thioether (sulfide) groups is 1. The number of carboxylic acid groups (broad SMARTS) is 1. The molecule has 22 heavy (non-hydrogen) atoms. The first-order chi connectivity index (χ1) is 10.5. The molecule has 0 aliphatic rings. The maximum Gasteiger partial charge on any atom is 0.356 e. The number of fused-ring (bicyclic) bond motifs is 1. The van der Waals surface area contributed by atoms with Crippen LogP contribution in [0.25, 0.3) is 10.8 Å². The molecule has 112 valence electrons. The Balaban J connectivity index is 1.83. The summed E-state index contributed by atoms with van der Waals surface area (Å²) in [5.74, 6) is -0.207. The van der Waals surface area contributed by atoms with Crippen molar-refractivity contribution in [3.63, 3.8) is 0 Å². The minimum Gasteiger partial charge on any atom is -0.507 e. The highest BCUT2D eigenvalue weighted by molar-refractivity contribution is 7.98. The summed E-state index contributed by atoms with van der Waals surface area (Å²) in [7, 11) is 1.72. The van der Waals surface area contributed by atoms with E-state index in [9.17, 15) is 9.90 Å². The molecule has 0 saturated carbocycles. The van der Waals surface area contributed by atoms with E-state index in [0.717, 1.165) is 21.4 Å². The number of rotatable bonds is 4. The molecule has 0 fully saturated rings. The highest BCUT2D eigenvalue weighted by atomic mass is 32.2. The number of nitrogens with zero attached hydrogens (tertiary/aromatic N) is 2. The van der Waals surface area contributed by atoms with Crippen molar-refractivity contribution in [2.24, 2.45) is 7.05 Å². The quantitative estimate of drug-likeness (QED) is 0.723. The van der Waals surface area contributed by atoms with Crippen molar-refractivity contribution in [1.29, 1.82) is 0 Å². The fourth-order valence-corrected chi connectivity index (χ4v) is 3.24. The maximum absolute atomic E-state index is 10.9. The van der Waals surface area contributed by atoms with Crippen LogP contribution >= 0.6 is 11.8 Å². The van der Waals surface area contributed by atoms with Gasteiger partial charge in [0.2, 0.25) is 0 Å². The first kappa shape index (κ1) is 14.5. The van der Waals surface area contributed by atoms with Gasteiger partial charge in [0, 0.05) is 28.8 Å². The zero-order valence-corrected chi connectivity index (χ0v) is 12.7. The van der Waals surface area contributed by atoms with Gasteiger partial charge in [-0.3, -0.25) is 4.68 Å². The predicted molar refractivity (Wildman–Crippen MR) is 85.3 cm³/mol. The van der Waals surface area contributed by atoms with Crippen molar-refractivity contribution in [1.82, 2.24) is 9.78 Å². The summed E-state index contributed by atoms with van der Waals surface area (Å²) in [5, 5.41) is 24.8. The van der Waals surface area contributed by atoms with Crippen molar-refractivity contribution in [3.8, 4) is 5.75 Å². The number of phenols is 1. The molecule has 0 atom stereocenters. The Morgan fingerprint density at radius 1 is 1.27 bits per heavy atom. The molecule has 2 N–H and O–H groups in total. The average Bonchev–Trinajstić information content (AvgIpc) is 2.87. The predicted octanol–water partition coefficient (Wildman–Crippen LogP) is 3.27. The van der Waals surface area contributed by atoms with Gasteiger partial charge in [-0.15, -0.1) is 11.8 Å². The van der Waals surface area contributed by atoms with Gasteiger partial charge in [-0.25, -0.2) is 4.79 Å². The fraction of sp³-hybridized carbons (Fsp3) is 0.125. The average molecular weight is 314 g/mol. The first-order valence-corrected chi connectivity index (χ1v) is 7.64. The Labute approximate surface area is 131 Å². The van der Waals surface area contributed by atoms with Gasteiger partial charge < -0.3 is 10.2 Å². The minimum atomic E-state index is -1.03. The Morgan fingerprint density at radius 3 is 2.77 bits per heavy atom. The number of hydrogen-bond donors (Lipinski definition) is 2. The van der Waals surface area contributed by atoms with Crippen LogP contribution in [0.3, 0.4) is 0 Å². The highest BCUT2D eigenvalue weighted by Crippen LogP contribution is 2.32. The number of aromatic hydroxyl groups is 1. The number of aryl methyl sites for hydroxylation is 1. The molecule has 6 heteroatoms. The maximum atomic E-state index is 10.9. The third kappa shape index (κ3) is 2.78. The van der Waals surface area contributed by atoms with Gasteiger partial charge in [0.15, 0.2) is 5.69 Å². The molecule has 0 saturated heterocycles. The van der Waals surface area contributed by atoms with Crippen molar-refractivity contribution < 1.29 is 15.0 Å². The van der Waals surface area contributed by atoms with Crippen molar-refractivity contribution in [2.75, 3.05) is 0 Å². The lowest BCUT2D eigenvalue weighted by Crippen LogP contribution is -1.99. The van der Waals surface area contributed by atoms with Crippen molar-refractivity contribution >= 4 is 28.5 Å². The summed E-state index contributed by atoms with van der Waals surface area (Å²) >= 11 is 1.53. The molecule has 2 aromatic carbocycles. The molecular formula is C16H14N2O3S. The van der Waals surface area contributed by atoms with Crippen LogP contribution in [0.1, 0.15) is 16.2 Å². The number of carboxylic acids is 1. The van der Waals surface area contributed by atoms with Gasteiger partial charge in [-0.2, -0.15) is 5.10 Å². The van der Waals surface area contributed by atoms with Crippen LogP contribution in [0.5, 0.6) is 5.75 Å². The molecule has 1 aromatic heterocycles. The number of aromatic carboxylic acids is 1. The smallest absolute Gasteiger partial charge is 0.356 e. The van der Waals surface area contributed by atoms with Crippen LogP contribution in [-0.4, -0.2) is 26.0 Å². The van der Waals surface area contributed by atoms with E-state index in [1.54, 1.807) is 23.9 Å². The first-order valence-electron chi connectivity index (χ1n) is 6.65. The van der Waals surface area contributed by atoms with Gasteiger partial charge >= 0.3 is 5.97 Å². The lowest BCUT2D eigenvalue weighted by atomic mass is 10.1. The number of hydrogen-bond acceptors (Lipinski definition) is 4. The summed E-state index contributed by atoms with van der Waals surface area (Å²) in [6.45, 7) is 0. The zero-order valence-electron chi connectivity index (χ0n) is 11.9. The van der Waals surface area contributed by atoms with Gasteiger partial charge in [0.05, 0.1) is 0 Å². The van der Waals surface area contributed by atoms with Crippen LogP contribution in [-0.2, 0) is 12.8 Å². The third-order valence-corrected chi connectivity index (χ3v) is 4.41. The van der Waals surface area contributed by atoms with Gasteiger partial charge in [-0.05, 0) is 23.6 Å². The minimum absolute atomic E-state index is 0.0412. The summed E-state index contributed by atoms with van der Waals surface area (Å²) < 4.78 is 1.57. The van der Waals surface area contributed by atoms with Gasteiger partial charge in [0.1, 0.15) is 5.75 Å². The topological polar surface area (TPSA) is 75.4 Å². The van der Waals surface area contributed by atoms with E-state index in [1.807, 2.05) is 30.3 Å². The van der Waals surface area contributed by atoms with Gasteiger partial charge in [0.25, 0.3) is 0 Å². The normalized spacial score (nSPS) is 11.0. The van der Waals surface area contributed by atoms with E-state index in [2.05, 4.69) is 5.10 Å². The second kappa shape index (κ2) is 5.73. The SMILES string of the molecule is Cn1nc(C(=O)O)cc1CSc1cc(O)c2ccccc2c1. The molecule has 0 bridgehead atoms. The Morgan fingerprint density at radius 2 is 2.05 bits per heavy atom. The molecule has 0 unspecified atom stereocenters. The zero-order chi connectivity index (χ0) is 15.7. The van der Waals surface area contributed by atoms with Crippen LogP contribution < -0.4 is 0 Å². The van der Waals surface area contributed by atoms with Crippen LogP contribution in [0.4, 0.5) is 0 Å². The summed E-state index contributed by atoms with van der Waals surface area (Å²) in [4.78, 5) is 11.8. The molecule has 1 heterocycles. The molecule has 3 rings (SSSR count). The lowest BCUT2D eigenvalue weighted by Gasteiger charge is -2.06. The van der Waals surface area contributed by atoms with Crippen molar-refractivity contribution in [3.05, 3.63) is 53.9 Å². The number of phenolic OH excluding ortho intramolecular Hbond substituents is 1. The molecule has 0 radical (unpaired) electrons. The molecule has 0 aliphatic carbocycles. The van der Waals surface area contributed by atoms with E-state index in [1.165, 1.54) is 11.8 Å². The highest BCUT2D eigenvalue weighted by Gasteiger charge is 2.11. The van der Waals surface area contributed by atoms with Crippen LogP contribution in [0, 0.1) is 0 Å². The monoisotopic (exact) mass is 314 g/mol.